The minimum absolute atomic E-state index is 0.00485. The van der Waals surface area contributed by atoms with E-state index in [0.29, 0.717) is 12.3 Å². The fraction of sp³-hybridized carbons (Fsp3) is 0.303. The van der Waals surface area contributed by atoms with Crippen molar-refractivity contribution in [2.45, 2.75) is 36.1 Å². The molecular weight excluding hydrogens is 651 g/mol. The van der Waals surface area contributed by atoms with Crippen molar-refractivity contribution in [3.05, 3.63) is 108 Å². The molecule has 7 atom stereocenters. The third-order valence-electron chi connectivity index (χ3n) is 9.59. The molecule has 3 heterocycles. The van der Waals surface area contributed by atoms with Gasteiger partial charge in [0.2, 0.25) is 11.8 Å². The number of imide groups is 1. The number of benzene rings is 3. The Morgan fingerprint density at radius 1 is 1.00 bits per heavy atom. The van der Waals surface area contributed by atoms with Crippen LogP contribution in [0, 0.1) is 42.3 Å². The number of H-pyrrole nitrogens is 1. The lowest BCUT2D eigenvalue weighted by atomic mass is 9.68. The molecule has 218 valence electrons. The Morgan fingerprint density at radius 2 is 1.77 bits per heavy atom. The lowest BCUT2D eigenvalue weighted by Gasteiger charge is -2.43. The number of halogens is 2. The van der Waals surface area contributed by atoms with Crippen LogP contribution >= 0.6 is 39.0 Å². The summed E-state index contributed by atoms with van der Waals surface area (Å²) in [4.78, 5) is 45.7. The topological polar surface area (TPSA) is 79.5 Å². The molecule has 6 unspecified atom stereocenters. The number of hydrogen-bond acceptors (Lipinski definition) is 6. The number of nitrogens with one attached hydrogen (secondary N) is 1. The average molecular weight is 678 g/mol. The van der Waals surface area contributed by atoms with Crippen molar-refractivity contribution in [2.24, 2.45) is 29.6 Å². The molecule has 0 radical (unpaired) electrons. The number of fused-ring (bicyclic) bond motifs is 9. The maximum absolute atomic E-state index is 14.0. The number of thiazole rings is 1. The second-order valence-corrected chi connectivity index (χ2v) is 15.0. The number of thioether (sulfide) groups is 1. The molecule has 3 aromatic carbocycles. The molecule has 2 amide bonds. The summed E-state index contributed by atoms with van der Waals surface area (Å²) in [5.74, 6) is -1.09. The number of carbonyl (C=O) groups excluding carboxylic acids is 2. The largest absolute Gasteiger partial charge is 0.489 e. The number of anilines is 1. The van der Waals surface area contributed by atoms with E-state index in [0.717, 1.165) is 43.2 Å². The van der Waals surface area contributed by atoms with Crippen LogP contribution in [0.1, 0.15) is 33.9 Å². The number of hydrogen-bond donors (Lipinski definition) is 1. The van der Waals surface area contributed by atoms with Crippen molar-refractivity contribution in [3.63, 3.8) is 0 Å². The smallest absolute Gasteiger partial charge is 0.305 e. The summed E-state index contributed by atoms with van der Waals surface area (Å²) in [6.07, 6.45) is 0.787. The number of aromatic amines is 1. The molecule has 6 nitrogen and oxygen atoms in total. The van der Waals surface area contributed by atoms with Gasteiger partial charge in [-0.3, -0.25) is 19.3 Å². The summed E-state index contributed by atoms with van der Waals surface area (Å²) in [7, 11) is 0. The van der Waals surface area contributed by atoms with Gasteiger partial charge >= 0.3 is 4.87 Å². The van der Waals surface area contributed by atoms with Crippen molar-refractivity contribution < 1.29 is 18.7 Å². The first-order valence-electron chi connectivity index (χ1n) is 14.3. The third-order valence-corrected chi connectivity index (χ3v) is 12.7. The van der Waals surface area contributed by atoms with Crippen LogP contribution in [0.3, 0.4) is 0 Å². The normalized spacial score (nSPS) is 28.6. The van der Waals surface area contributed by atoms with Gasteiger partial charge in [0, 0.05) is 26.1 Å². The lowest BCUT2D eigenvalue weighted by Crippen LogP contribution is -2.42. The van der Waals surface area contributed by atoms with Gasteiger partial charge in [-0.05, 0) is 79.1 Å². The van der Waals surface area contributed by atoms with E-state index in [9.17, 15) is 18.8 Å². The zero-order valence-corrected chi connectivity index (χ0v) is 26.2. The van der Waals surface area contributed by atoms with E-state index in [1.807, 2.05) is 24.3 Å². The van der Waals surface area contributed by atoms with Gasteiger partial charge in [-0.25, -0.2) is 4.39 Å². The first-order chi connectivity index (χ1) is 20.8. The highest BCUT2D eigenvalue weighted by Gasteiger charge is 2.69. The molecule has 2 bridgehead atoms. The Labute approximate surface area is 263 Å². The molecule has 0 spiro atoms. The number of nitrogens with zero attached hydrogens (tertiary/aromatic N) is 1. The van der Waals surface area contributed by atoms with Gasteiger partial charge in [-0.2, -0.15) is 0 Å². The van der Waals surface area contributed by atoms with Crippen LogP contribution in [0.4, 0.5) is 10.1 Å². The molecule has 10 heteroatoms. The SMILES string of the molecule is Cc1cccc(COc2ccc(Br)cc2[C@H]2c3sc(=O)[nH]c3SC3C4CC(C5C(=O)N(c6ccc(F)cc6)C(=O)C45)C32)c1. The first kappa shape index (κ1) is 27.3. The van der Waals surface area contributed by atoms with Crippen molar-refractivity contribution in [2.75, 3.05) is 4.90 Å². The summed E-state index contributed by atoms with van der Waals surface area (Å²) < 4.78 is 21.0. The molecule has 4 aromatic rings. The molecule has 1 N–H and O–H groups in total. The van der Waals surface area contributed by atoms with E-state index in [4.69, 9.17) is 4.74 Å². The van der Waals surface area contributed by atoms with Crippen LogP contribution in [0.15, 0.2) is 81.0 Å². The van der Waals surface area contributed by atoms with E-state index in [-0.39, 0.29) is 45.6 Å². The molecule has 43 heavy (non-hydrogen) atoms. The number of carbonyl (C=O) groups is 2. The van der Waals surface area contributed by atoms with Gasteiger partial charge in [-0.15, -0.1) is 11.8 Å². The fourth-order valence-electron chi connectivity index (χ4n) is 8.07. The zero-order chi connectivity index (χ0) is 29.6. The Bertz CT molecular complexity index is 1860. The predicted octanol–water partition coefficient (Wildman–Crippen LogP) is 6.90. The molecule has 2 aliphatic carbocycles. The van der Waals surface area contributed by atoms with Crippen LogP contribution in [-0.4, -0.2) is 22.0 Å². The Hall–Kier alpha value is -3.21. The highest BCUT2D eigenvalue weighted by Crippen LogP contribution is 2.69. The number of amides is 2. The van der Waals surface area contributed by atoms with Gasteiger partial charge in [0.25, 0.3) is 0 Å². The third kappa shape index (κ3) is 4.28. The second-order valence-electron chi connectivity index (χ2n) is 11.9. The van der Waals surface area contributed by atoms with E-state index in [2.05, 4.69) is 46.0 Å². The van der Waals surface area contributed by atoms with Gasteiger partial charge in [0.05, 0.1) is 22.5 Å². The number of aryl methyl sites for hydroxylation is 1. The maximum Gasteiger partial charge on any atom is 0.305 e. The Balaban J connectivity index is 1.20. The fourth-order valence-corrected chi connectivity index (χ4v) is 11.3. The number of ether oxygens (including phenoxy) is 1. The minimum atomic E-state index is -0.437. The molecule has 2 aliphatic heterocycles. The summed E-state index contributed by atoms with van der Waals surface area (Å²) >= 11 is 6.55. The summed E-state index contributed by atoms with van der Waals surface area (Å²) in [6, 6.07) is 19.8. The molecule has 3 fully saturated rings. The van der Waals surface area contributed by atoms with Gasteiger partial charge in [0.1, 0.15) is 18.2 Å². The zero-order valence-electron chi connectivity index (χ0n) is 23.0. The Morgan fingerprint density at radius 3 is 2.53 bits per heavy atom. The average Bonchev–Trinajstić information content (AvgIpc) is 3.72. The highest BCUT2D eigenvalue weighted by atomic mass is 79.9. The van der Waals surface area contributed by atoms with Gasteiger partial charge in [0.15, 0.2) is 0 Å². The van der Waals surface area contributed by atoms with Crippen LogP contribution in [0.2, 0.25) is 0 Å². The highest BCUT2D eigenvalue weighted by molar-refractivity contribution is 9.10. The van der Waals surface area contributed by atoms with E-state index in [1.165, 1.54) is 40.5 Å². The van der Waals surface area contributed by atoms with E-state index < -0.39 is 17.7 Å². The summed E-state index contributed by atoms with van der Waals surface area (Å²) in [6.45, 7) is 2.46. The van der Waals surface area contributed by atoms with Gasteiger partial charge < -0.3 is 9.72 Å². The molecular formula is C33H26BrFN2O4S2. The summed E-state index contributed by atoms with van der Waals surface area (Å²) in [5, 5.41) is 0.907. The van der Waals surface area contributed by atoms with Crippen molar-refractivity contribution in [1.29, 1.82) is 0 Å². The minimum Gasteiger partial charge on any atom is -0.489 e. The molecule has 1 aromatic heterocycles. The van der Waals surface area contributed by atoms with Crippen molar-refractivity contribution in [1.82, 2.24) is 4.98 Å². The maximum atomic E-state index is 14.0. The van der Waals surface area contributed by atoms with Crippen LogP contribution in [0.5, 0.6) is 5.75 Å². The monoisotopic (exact) mass is 676 g/mol. The molecule has 8 rings (SSSR count). The standard InChI is InChI=1S/C33H26BrFN2O4S2/c1-15-3-2-4-16(11-15)14-41-23-10-5-17(34)12-20(23)24-25-21-13-22(28(25)42-30-29(24)43-33(40)36-30)27-26(21)31(38)37(32(27)39)19-8-6-18(35)7-9-19/h2-12,21-22,24-28H,13-14H2,1H3,(H,36,40)/t21?,22?,24-,25?,26?,27?,28?/m1/s1. The molecule has 4 aliphatic rings. The number of aromatic nitrogens is 1. The molecule has 2 saturated carbocycles. The second kappa shape index (κ2) is 10.2. The first-order valence-corrected chi connectivity index (χ1v) is 16.8. The van der Waals surface area contributed by atoms with E-state index >= 15 is 0 Å². The lowest BCUT2D eigenvalue weighted by molar-refractivity contribution is -0.123. The number of rotatable bonds is 5. The van der Waals surface area contributed by atoms with Gasteiger partial charge in [-0.1, -0.05) is 57.1 Å². The summed E-state index contributed by atoms with van der Waals surface area (Å²) in [5.41, 5.74) is 3.62. The van der Waals surface area contributed by atoms with Crippen LogP contribution in [-0.2, 0) is 16.2 Å². The van der Waals surface area contributed by atoms with Crippen LogP contribution in [0.25, 0.3) is 0 Å². The van der Waals surface area contributed by atoms with Crippen molar-refractivity contribution >= 4 is 56.5 Å². The van der Waals surface area contributed by atoms with E-state index in [1.54, 1.807) is 11.8 Å². The quantitative estimate of drug-likeness (QED) is 0.233. The predicted molar refractivity (Wildman–Crippen MR) is 167 cm³/mol. The van der Waals surface area contributed by atoms with Crippen molar-refractivity contribution in [3.8, 4) is 5.75 Å². The Kier molecular flexibility index (Phi) is 6.47. The molecule has 1 saturated heterocycles. The van der Waals surface area contributed by atoms with Crippen LogP contribution < -0.4 is 14.5 Å².